The van der Waals surface area contributed by atoms with Crippen LogP contribution in [-0.2, 0) is 4.79 Å². The number of hydrogen-bond acceptors (Lipinski definition) is 2. The van der Waals surface area contributed by atoms with E-state index in [2.05, 4.69) is 5.43 Å². The third-order valence-corrected chi connectivity index (χ3v) is 0.966. The second kappa shape index (κ2) is 4.91. The van der Waals surface area contributed by atoms with E-state index in [4.69, 9.17) is 0 Å². The summed E-state index contributed by atoms with van der Waals surface area (Å²) >= 11 is 0. The van der Waals surface area contributed by atoms with E-state index in [0.29, 0.717) is 5.92 Å². The molecule has 0 aromatic heterocycles. The van der Waals surface area contributed by atoms with E-state index in [-0.39, 0.29) is 5.91 Å². The van der Waals surface area contributed by atoms with Gasteiger partial charge in [-0.05, 0) is 5.92 Å². The van der Waals surface area contributed by atoms with Crippen molar-refractivity contribution in [3.63, 3.8) is 0 Å². The Bertz CT molecular complexity index is 150. The average Bonchev–Trinajstić information content (AvgIpc) is 1.82. The first kappa shape index (κ1) is 10.2. The van der Waals surface area contributed by atoms with Crippen LogP contribution in [0.4, 0.5) is 0 Å². The Kier molecular flexibility index (Phi) is 4.54. The first-order valence-corrected chi connectivity index (χ1v) is 3.68. The Morgan fingerprint density at radius 1 is 1.45 bits per heavy atom. The molecule has 64 valence electrons. The second-order valence-corrected chi connectivity index (χ2v) is 2.97. The molecule has 0 unspecified atom stereocenters. The molecule has 0 aliphatic carbocycles. The van der Waals surface area contributed by atoms with Gasteiger partial charge in [-0.2, -0.15) is 0 Å². The Hall–Kier alpha value is -0.830. The molecule has 0 saturated heterocycles. The molecule has 0 bridgehead atoms. The quantitative estimate of drug-likeness (QED) is 0.484. The van der Waals surface area contributed by atoms with Gasteiger partial charge in [0.2, 0.25) is 0 Å². The fourth-order valence-corrected chi connectivity index (χ4v) is 0.538. The van der Waals surface area contributed by atoms with Gasteiger partial charge in [0.25, 0.3) is 5.91 Å². The van der Waals surface area contributed by atoms with Crippen LogP contribution in [0.25, 0.3) is 0 Å². The molecule has 0 aliphatic heterocycles. The lowest BCUT2D eigenvalue weighted by Gasteiger charge is -2.08. The second-order valence-electron chi connectivity index (χ2n) is 2.97. The zero-order chi connectivity index (χ0) is 8.85. The summed E-state index contributed by atoms with van der Waals surface area (Å²) in [6, 6.07) is 0. The van der Waals surface area contributed by atoms with E-state index in [9.17, 15) is 4.79 Å². The van der Waals surface area contributed by atoms with Crippen molar-refractivity contribution in [1.82, 2.24) is 10.4 Å². The highest BCUT2D eigenvalue weighted by Gasteiger charge is 1.94. The van der Waals surface area contributed by atoms with Crippen LogP contribution in [0, 0.1) is 5.92 Å². The van der Waals surface area contributed by atoms with Crippen LogP contribution in [0.3, 0.4) is 0 Å². The van der Waals surface area contributed by atoms with Crippen LogP contribution in [-0.4, -0.2) is 25.0 Å². The molecule has 1 amide bonds. The molecule has 11 heavy (non-hydrogen) atoms. The maximum atomic E-state index is 10.9. The predicted molar refractivity (Wildman–Crippen MR) is 45.8 cm³/mol. The number of nitrogens with one attached hydrogen (secondary N) is 1. The zero-order valence-corrected chi connectivity index (χ0v) is 7.59. The average molecular weight is 156 g/mol. The van der Waals surface area contributed by atoms with Crippen molar-refractivity contribution in [1.29, 1.82) is 0 Å². The van der Waals surface area contributed by atoms with Gasteiger partial charge in [-0.25, -0.2) is 5.01 Å². The number of amides is 1. The normalized spacial score (nSPS) is 11.5. The summed E-state index contributed by atoms with van der Waals surface area (Å²) in [4.78, 5) is 10.9. The largest absolute Gasteiger partial charge is 0.286 e. The fourth-order valence-electron chi connectivity index (χ4n) is 0.538. The third-order valence-electron chi connectivity index (χ3n) is 0.966. The molecule has 0 radical (unpaired) electrons. The molecule has 0 fully saturated rings. The minimum atomic E-state index is -0.0799. The van der Waals surface area contributed by atoms with Gasteiger partial charge in [-0.15, -0.1) is 0 Å². The van der Waals surface area contributed by atoms with E-state index in [1.54, 1.807) is 25.2 Å². The number of carbonyl (C=O) groups is 1. The van der Waals surface area contributed by atoms with Crippen LogP contribution in [0.2, 0.25) is 0 Å². The van der Waals surface area contributed by atoms with E-state index in [0.717, 1.165) is 0 Å². The van der Waals surface area contributed by atoms with Gasteiger partial charge in [0.15, 0.2) is 0 Å². The van der Waals surface area contributed by atoms with Crippen molar-refractivity contribution < 1.29 is 4.79 Å². The molecule has 0 aliphatic rings. The van der Waals surface area contributed by atoms with E-state index >= 15 is 0 Å². The fraction of sp³-hybridized carbons (Fsp3) is 0.625. The van der Waals surface area contributed by atoms with Gasteiger partial charge in [0, 0.05) is 20.2 Å². The van der Waals surface area contributed by atoms with Crippen molar-refractivity contribution in [2.75, 3.05) is 14.1 Å². The Balaban J connectivity index is 3.69. The molecule has 1 N–H and O–H groups in total. The molecule has 0 aromatic carbocycles. The topological polar surface area (TPSA) is 32.3 Å². The Morgan fingerprint density at radius 3 is 2.36 bits per heavy atom. The van der Waals surface area contributed by atoms with Crippen LogP contribution in [0.15, 0.2) is 12.2 Å². The summed E-state index contributed by atoms with van der Waals surface area (Å²) in [5, 5.41) is 1.62. The molecular formula is C8H16N2O. The van der Waals surface area contributed by atoms with Gasteiger partial charge in [0.05, 0.1) is 0 Å². The minimum absolute atomic E-state index is 0.0799. The van der Waals surface area contributed by atoms with Crippen LogP contribution >= 0.6 is 0 Å². The SMILES string of the molecule is CC(C)C=CC(=O)NN(C)C. The monoisotopic (exact) mass is 156 g/mol. The minimum Gasteiger partial charge on any atom is -0.286 e. The highest BCUT2D eigenvalue weighted by molar-refractivity contribution is 5.86. The van der Waals surface area contributed by atoms with Crippen molar-refractivity contribution in [2.24, 2.45) is 5.92 Å². The number of rotatable bonds is 3. The molecule has 3 nitrogen and oxygen atoms in total. The lowest BCUT2D eigenvalue weighted by molar-refractivity contribution is -0.120. The zero-order valence-electron chi connectivity index (χ0n) is 7.59. The van der Waals surface area contributed by atoms with E-state index < -0.39 is 0 Å². The Morgan fingerprint density at radius 2 is 2.00 bits per heavy atom. The molecule has 0 heterocycles. The first-order chi connectivity index (χ1) is 5.02. The maximum absolute atomic E-state index is 10.9. The third kappa shape index (κ3) is 7.06. The van der Waals surface area contributed by atoms with Crippen molar-refractivity contribution in [2.45, 2.75) is 13.8 Å². The number of hydrazine groups is 1. The number of nitrogens with zero attached hydrogens (tertiary/aromatic N) is 1. The van der Waals surface area contributed by atoms with Crippen molar-refractivity contribution >= 4 is 5.91 Å². The van der Waals surface area contributed by atoms with Gasteiger partial charge in [0.1, 0.15) is 0 Å². The highest BCUT2D eigenvalue weighted by Crippen LogP contribution is 1.92. The molecular weight excluding hydrogens is 140 g/mol. The number of carbonyl (C=O) groups excluding carboxylic acids is 1. The smallest absolute Gasteiger partial charge is 0.257 e. The standard InChI is InChI=1S/C8H16N2O/c1-7(2)5-6-8(11)9-10(3)4/h5-7H,1-4H3,(H,9,11). The number of allylic oxidation sites excluding steroid dienone is 1. The summed E-state index contributed by atoms with van der Waals surface area (Å²) in [6.45, 7) is 4.05. The summed E-state index contributed by atoms with van der Waals surface area (Å²) in [7, 11) is 3.56. The molecule has 0 atom stereocenters. The molecule has 0 spiro atoms. The summed E-state index contributed by atoms with van der Waals surface area (Å²) in [5.74, 6) is 0.339. The molecule has 0 saturated carbocycles. The Labute approximate surface area is 68.0 Å². The van der Waals surface area contributed by atoms with Gasteiger partial charge >= 0.3 is 0 Å². The lowest BCUT2D eigenvalue weighted by Crippen LogP contribution is -2.34. The predicted octanol–water partition coefficient (Wildman–Crippen LogP) is 0.791. The van der Waals surface area contributed by atoms with E-state index in [1.807, 2.05) is 19.9 Å². The molecule has 3 heteroatoms. The molecule has 0 rings (SSSR count). The van der Waals surface area contributed by atoms with Crippen LogP contribution < -0.4 is 5.43 Å². The number of hydrogen-bond donors (Lipinski definition) is 1. The van der Waals surface area contributed by atoms with Crippen LogP contribution in [0.1, 0.15) is 13.8 Å². The van der Waals surface area contributed by atoms with E-state index in [1.165, 1.54) is 0 Å². The van der Waals surface area contributed by atoms with Crippen LogP contribution in [0.5, 0.6) is 0 Å². The highest BCUT2D eigenvalue weighted by atomic mass is 16.2. The maximum Gasteiger partial charge on any atom is 0.257 e. The van der Waals surface area contributed by atoms with Gasteiger partial charge < -0.3 is 0 Å². The first-order valence-electron chi connectivity index (χ1n) is 3.68. The van der Waals surface area contributed by atoms with Gasteiger partial charge in [-0.3, -0.25) is 10.2 Å². The molecule has 0 aromatic rings. The van der Waals surface area contributed by atoms with Gasteiger partial charge in [-0.1, -0.05) is 19.9 Å². The summed E-state index contributed by atoms with van der Waals surface area (Å²) in [5.41, 5.74) is 2.61. The summed E-state index contributed by atoms with van der Waals surface area (Å²) < 4.78 is 0. The summed E-state index contributed by atoms with van der Waals surface area (Å²) in [6.07, 6.45) is 3.41. The van der Waals surface area contributed by atoms with Crippen molar-refractivity contribution in [3.8, 4) is 0 Å². The lowest BCUT2D eigenvalue weighted by atomic mass is 10.2. The van der Waals surface area contributed by atoms with Crippen molar-refractivity contribution in [3.05, 3.63) is 12.2 Å².